The van der Waals surface area contributed by atoms with E-state index in [0.29, 0.717) is 17.1 Å². The Labute approximate surface area is 125 Å². The molecule has 0 aliphatic carbocycles. The normalized spacial score (nSPS) is 11.6. The van der Waals surface area contributed by atoms with Crippen LogP contribution in [-0.2, 0) is 13.1 Å². The molecule has 2 aromatic rings. The molecule has 1 heterocycles. The Kier molecular flexibility index (Phi) is 5.17. The minimum Gasteiger partial charge on any atom is -0.380 e. The number of rotatable bonds is 6. The van der Waals surface area contributed by atoms with E-state index in [0.717, 1.165) is 23.9 Å². The Bertz CT molecular complexity index is 581. The van der Waals surface area contributed by atoms with Gasteiger partial charge in [-0.05, 0) is 19.1 Å². The predicted octanol–water partition coefficient (Wildman–Crippen LogP) is 4.17. The smallest absolute Gasteiger partial charge is 0.380 e. The summed E-state index contributed by atoms with van der Waals surface area (Å²) in [5.74, 6) is -0.889. The summed E-state index contributed by atoms with van der Waals surface area (Å²) >= 11 is 0.791. The molecule has 0 bridgehead atoms. The molecule has 3 nitrogen and oxygen atoms in total. The third kappa shape index (κ3) is 5.00. The van der Waals surface area contributed by atoms with E-state index < -0.39 is 11.9 Å². The van der Waals surface area contributed by atoms with Gasteiger partial charge in [0.2, 0.25) is 0 Å². The lowest BCUT2D eigenvalue weighted by Crippen LogP contribution is -2.11. The number of hydrogen-bond donors (Lipinski definition) is 1. The lowest BCUT2D eigenvalue weighted by atomic mass is 10.3. The summed E-state index contributed by atoms with van der Waals surface area (Å²) in [6, 6.07) is 7.01. The fourth-order valence-corrected chi connectivity index (χ4v) is 2.56. The zero-order chi connectivity index (χ0) is 15.3. The second-order valence-electron chi connectivity index (χ2n) is 4.46. The van der Waals surface area contributed by atoms with Gasteiger partial charge in [-0.1, -0.05) is 12.1 Å². The van der Waals surface area contributed by atoms with Crippen LogP contribution in [0.5, 0.6) is 0 Å². The molecule has 2 rings (SSSR count). The van der Waals surface area contributed by atoms with Gasteiger partial charge < -0.3 is 5.32 Å². The van der Waals surface area contributed by atoms with Crippen LogP contribution in [-0.4, -0.2) is 21.7 Å². The van der Waals surface area contributed by atoms with Crippen LogP contribution < -0.4 is 5.32 Å². The Morgan fingerprint density at radius 3 is 2.71 bits per heavy atom. The van der Waals surface area contributed by atoms with Crippen molar-refractivity contribution < 1.29 is 13.2 Å². The molecule has 1 aromatic carbocycles. The number of hydrogen-bond acceptors (Lipinski definition) is 3. The van der Waals surface area contributed by atoms with E-state index in [1.54, 1.807) is 35.1 Å². The summed E-state index contributed by atoms with van der Waals surface area (Å²) in [7, 11) is 0. The van der Waals surface area contributed by atoms with Gasteiger partial charge in [0.05, 0.1) is 11.9 Å². The number of benzene rings is 1. The largest absolute Gasteiger partial charge is 0.398 e. The van der Waals surface area contributed by atoms with Gasteiger partial charge in [-0.3, -0.25) is 4.68 Å². The highest BCUT2D eigenvalue weighted by Crippen LogP contribution is 2.32. The maximum absolute atomic E-state index is 12.3. The minimum absolute atomic E-state index is 0.531. The predicted molar refractivity (Wildman–Crippen MR) is 78.4 cm³/mol. The molecule has 0 spiro atoms. The summed E-state index contributed by atoms with van der Waals surface area (Å²) in [6.45, 7) is 3.31. The number of aromatic nitrogens is 2. The van der Waals surface area contributed by atoms with E-state index in [2.05, 4.69) is 10.4 Å². The van der Waals surface area contributed by atoms with Gasteiger partial charge in [-0.2, -0.15) is 18.3 Å². The van der Waals surface area contributed by atoms with Crippen LogP contribution in [0.25, 0.3) is 0 Å². The molecule has 0 fully saturated rings. The van der Waals surface area contributed by atoms with E-state index in [1.807, 2.05) is 13.1 Å². The first-order valence-corrected chi connectivity index (χ1v) is 7.50. The van der Waals surface area contributed by atoms with E-state index in [4.69, 9.17) is 0 Å². The van der Waals surface area contributed by atoms with Crippen molar-refractivity contribution in [2.24, 2.45) is 0 Å². The molecular formula is C14H16F3N3S. The lowest BCUT2D eigenvalue weighted by molar-refractivity contribution is -0.105. The van der Waals surface area contributed by atoms with Gasteiger partial charge in [-0.25, -0.2) is 0 Å². The summed E-state index contributed by atoms with van der Waals surface area (Å²) in [6.07, 6.45) is -0.500. The maximum Gasteiger partial charge on any atom is 0.398 e. The molecule has 0 radical (unpaired) electrons. The molecule has 0 aliphatic rings. The third-order valence-corrected chi connectivity index (χ3v) is 3.91. The number of anilines is 1. The van der Waals surface area contributed by atoms with Crippen molar-refractivity contribution >= 4 is 17.4 Å². The maximum atomic E-state index is 12.3. The molecule has 0 unspecified atom stereocenters. The highest BCUT2D eigenvalue weighted by Gasteiger charge is 2.27. The van der Waals surface area contributed by atoms with Crippen molar-refractivity contribution in [3.63, 3.8) is 0 Å². The molecule has 21 heavy (non-hydrogen) atoms. The lowest BCUT2D eigenvalue weighted by Gasteiger charge is -2.12. The molecule has 0 saturated carbocycles. The summed E-state index contributed by atoms with van der Waals surface area (Å²) in [5, 5.41) is 7.32. The van der Waals surface area contributed by atoms with Crippen LogP contribution in [0.15, 0.2) is 41.6 Å². The highest BCUT2D eigenvalue weighted by molar-refractivity contribution is 7.99. The van der Waals surface area contributed by atoms with Crippen molar-refractivity contribution in [1.29, 1.82) is 0 Å². The van der Waals surface area contributed by atoms with Crippen molar-refractivity contribution in [3.05, 3.63) is 42.2 Å². The second kappa shape index (κ2) is 6.89. The summed E-state index contributed by atoms with van der Waals surface area (Å²) < 4.78 is 38.7. The fourth-order valence-electron chi connectivity index (χ4n) is 1.77. The highest BCUT2D eigenvalue weighted by atomic mass is 32.2. The first-order valence-electron chi connectivity index (χ1n) is 6.51. The Hall–Kier alpha value is -1.63. The fraction of sp³-hybridized carbons (Fsp3) is 0.357. The van der Waals surface area contributed by atoms with Gasteiger partial charge in [-0.15, -0.1) is 11.8 Å². The van der Waals surface area contributed by atoms with E-state index in [-0.39, 0.29) is 0 Å². The molecule has 114 valence electrons. The van der Waals surface area contributed by atoms with Crippen LogP contribution >= 0.6 is 11.8 Å². The van der Waals surface area contributed by atoms with Crippen LogP contribution in [0.1, 0.15) is 12.5 Å². The molecule has 1 aromatic heterocycles. The topological polar surface area (TPSA) is 29.9 Å². The first-order chi connectivity index (χ1) is 9.98. The standard InChI is InChI=1S/C14H16F3N3S/c1-2-20-9-11(8-19-20)7-18-12-5-3-4-6-13(12)21-10-14(15,16)17/h3-6,8-9,18H,2,7,10H2,1H3. The number of nitrogens with one attached hydrogen (secondary N) is 1. The Morgan fingerprint density at radius 2 is 2.05 bits per heavy atom. The summed E-state index contributed by atoms with van der Waals surface area (Å²) in [5.41, 5.74) is 1.70. The van der Waals surface area contributed by atoms with Gasteiger partial charge in [0.1, 0.15) is 0 Å². The molecule has 7 heteroatoms. The molecule has 0 aliphatic heterocycles. The van der Waals surface area contributed by atoms with Crippen molar-refractivity contribution in [3.8, 4) is 0 Å². The average Bonchev–Trinajstić information content (AvgIpc) is 2.91. The van der Waals surface area contributed by atoms with Crippen LogP contribution in [0.2, 0.25) is 0 Å². The van der Waals surface area contributed by atoms with E-state index >= 15 is 0 Å². The van der Waals surface area contributed by atoms with Crippen molar-refractivity contribution in [2.45, 2.75) is 31.1 Å². The number of aryl methyl sites for hydroxylation is 1. The molecule has 0 amide bonds. The Balaban J connectivity index is 1.99. The average molecular weight is 315 g/mol. The zero-order valence-corrected chi connectivity index (χ0v) is 12.3. The Morgan fingerprint density at radius 1 is 1.29 bits per heavy atom. The van der Waals surface area contributed by atoms with Crippen molar-refractivity contribution in [2.75, 3.05) is 11.1 Å². The molecule has 0 atom stereocenters. The molecule has 0 saturated heterocycles. The number of halogens is 3. The molecular weight excluding hydrogens is 299 g/mol. The van der Waals surface area contributed by atoms with Gasteiger partial charge in [0.15, 0.2) is 0 Å². The summed E-state index contributed by atoms with van der Waals surface area (Å²) in [4.78, 5) is 0.595. The SMILES string of the molecule is CCn1cc(CNc2ccccc2SCC(F)(F)F)cn1. The number of nitrogens with zero attached hydrogens (tertiary/aromatic N) is 2. The minimum atomic E-state index is -4.17. The second-order valence-corrected chi connectivity index (χ2v) is 5.48. The first kappa shape index (κ1) is 15.8. The van der Waals surface area contributed by atoms with Crippen LogP contribution in [0.4, 0.5) is 18.9 Å². The number of para-hydroxylation sites is 1. The van der Waals surface area contributed by atoms with Crippen molar-refractivity contribution in [1.82, 2.24) is 9.78 Å². The zero-order valence-electron chi connectivity index (χ0n) is 11.5. The quantitative estimate of drug-likeness (QED) is 0.811. The molecule has 1 N–H and O–H groups in total. The number of alkyl halides is 3. The third-order valence-electron chi connectivity index (χ3n) is 2.77. The number of thioether (sulfide) groups is 1. The van der Waals surface area contributed by atoms with Gasteiger partial charge in [0.25, 0.3) is 0 Å². The van der Waals surface area contributed by atoms with Crippen LogP contribution in [0.3, 0.4) is 0 Å². The van der Waals surface area contributed by atoms with Crippen LogP contribution in [0, 0.1) is 0 Å². The van der Waals surface area contributed by atoms with E-state index in [9.17, 15) is 13.2 Å². The van der Waals surface area contributed by atoms with E-state index in [1.165, 1.54) is 0 Å². The van der Waals surface area contributed by atoms with Gasteiger partial charge >= 0.3 is 6.18 Å². The van der Waals surface area contributed by atoms with Gasteiger partial charge in [0, 0.05) is 35.4 Å². The monoisotopic (exact) mass is 315 g/mol.